The first-order chi connectivity index (χ1) is 10.1. The van der Waals surface area contributed by atoms with Crippen molar-refractivity contribution in [3.8, 4) is 0 Å². The maximum Gasteiger partial charge on any atom is 0.454 e. The molecule has 3 N–H and O–H groups in total. The standard InChI is InChI=1S/C14H26BN3O3/c19-14(18-8-4-11(5-9-18)15(20)21)16-12-6-10-17-7-2-1-3-13(12)17/h11-13,20-21H,1-10H2,(H,16,19). The topological polar surface area (TPSA) is 76.0 Å². The Morgan fingerprint density at radius 3 is 2.48 bits per heavy atom. The first-order valence-corrected chi connectivity index (χ1v) is 8.31. The molecule has 0 aliphatic carbocycles. The number of nitrogens with zero attached hydrogens (tertiary/aromatic N) is 2. The third-order valence-electron chi connectivity index (χ3n) is 5.41. The van der Waals surface area contributed by atoms with E-state index in [0.29, 0.717) is 38.0 Å². The molecule has 3 aliphatic heterocycles. The molecule has 0 bridgehead atoms. The van der Waals surface area contributed by atoms with Crippen LogP contribution in [0.4, 0.5) is 4.79 Å². The van der Waals surface area contributed by atoms with E-state index in [1.807, 2.05) is 4.90 Å². The number of hydrogen-bond acceptors (Lipinski definition) is 4. The van der Waals surface area contributed by atoms with Crippen LogP contribution in [0.3, 0.4) is 0 Å². The molecule has 2 atom stereocenters. The number of likely N-dealkylation sites (tertiary alicyclic amines) is 1. The van der Waals surface area contributed by atoms with Gasteiger partial charge in [-0.2, -0.15) is 0 Å². The zero-order chi connectivity index (χ0) is 14.8. The summed E-state index contributed by atoms with van der Waals surface area (Å²) in [5, 5.41) is 21.6. The molecule has 21 heavy (non-hydrogen) atoms. The molecule has 3 heterocycles. The lowest BCUT2D eigenvalue weighted by molar-refractivity contribution is 0.160. The van der Waals surface area contributed by atoms with Gasteiger partial charge in [-0.1, -0.05) is 6.42 Å². The fourth-order valence-corrected chi connectivity index (χ4v) is 4.07. The van der Waals surface area contributed by atoms with Crippen LogP contribution in [-0.4, -0.2) is 71.3 Å². The van der Waals surface area contributed by atoms with E-state index in [2.05, 4.69) is 10.2 Å². The van der Waals surface area contributed by atoms with Gasteiger partial charge in [0.25, 0.3) is 0 Å². The van der Waals surface area contributed by atoms with Gasteiger partial charge in [0.2, 0.25) is 0 Å². The second-order valence-electron chi connectivity index (χ2n) is 6.68. The van der Waals surface area contributed by atoms with E-state index in [1.54, 1.807) is 0 Å². The van der Waals surface area contributed by atoms with Gasteiger partial charge in [-0.25, -0.2) is 4.79 Å². The summed E-state index contributed by atoms with van der Waals surface area (Å²) >= 11 is 0. The molecule has 6 nitrogen and oxygen atoms in total. The van der Waals surface area contributed by atoms with Crippen LogP contribution in [0.2, 0.25) is 5.82 Å². The van der Waals surface area contributed by atoms with E-state index in [9.17, 15) is 14.8 Å². The number of piperidine rings is 2. The Hall–Kier alpha value is -0.785. The Balaban J connectivity index is 1.48. The Morgan fingerprint density at radius 2 is 1.76 bits per heavy atom. The molecule has 0 spiro atoms. The highest BCUT2D eigenvalue weighted by molar-refractivity contribution is 6.43. The maximum absolute atomic E-state index is 12.4. The number of nitrogens with one attached hydrogen (secondary N) is 1. The number of hydrogen-bond donors (Lipinski definition) is 3. The van der Waals surface area contributed by atoms with E-state index in [0.717, 1.165) is 13.0 Å². The van der Waals surface area contributed by atoms with Gasteiger partial charge < -0.3 is 20.3 Å². The van der Waals surface area contributed by atoms with E-state index in [-0.39, 0.29) is 11.8 Å². The summed E-state index contributed by atoms with van der Waals surface area (Å²) in [5.41, 5.74) is 0. The Bertz CT molecular complexity index is 374. The van der Waals surface area contributed by atoms with Crippen molar-refractivity contribution in [2.75, 3.05) is 26.2 Å². The predicted molar refractivity (Wildman–Crippen MR) is 80.9 cm³/mol. The lowest BCUT2D eigenvalue weighted by atomic mass is 9.68. The number of amides is 2. The van der Waals surface area contributed by atoms with Gasteiger partial charge in [0.1, 0.15) is 0 Å². The second-order valence-corrected chi connectivity index (χ2v) is 6.68. The minimum absolute atomic E-state index is 0.0262. The van der Waals surface area contributed by atoms with Crippen LogP contribution < -0.4 is 5.32 Å². The van der Waals surface area contributed by atoms with Crippen molar-refractivity contribution in [2.45, 2.75) is 56.4 Å². The molecule has 3 saturated heterocycles. The highest BCUT2D eigenvalue weighted by atomic mass is 16.4. The average Bonchev–Trinajstić information content (AvgIpc) is 2.91. The van der Waals surface area contributed by atoms with Crippen LogP contribution in [0, 0.1) is 0 Å². The normalized spacial score (nSPS) is 31.0. The van der Waals surface area contributed by atoms with E-state index in [4.69, 9.17) is 0 Å². The summed E-state index contributed by atoms with van der Waals surface area (Å²) in [4.78, 5) is 16.7. The molecule has 3 rings (SSSR count). The minimum Gasteiger partial charge on any atom is -0.427 e. The largest absolute Gasteiger partial charge is 0.454 e. The lowest BCUT2D eigenvalue weighted by Crippen LogP contribution is -2.52. The number of urea groups is 1. The Morgan fingerprint density at radius 1 is 1.00 bits per heavy atom. The predicted octanol–water partition coefficient (Wildman–Crippen LogP) is 0.262. The van der Waals surface area contributed by atoms with Crippen molar-refractivity contribution in [2.24, 2.45) is 0 Å². The first-order valence-electron chi connectivity index (χ1n) is 8.31. The molecule has 2 amide bonds. The Kier molecular flexibility index (Phi) is 4.71. The molecule has 7 heteroatoms. The summed E-state index contributed by atoms with van der Waals surface area (Å²) in [6, 6.07) is 0.844. The van der Waals surface area contributed by atoms with E-state index in [1.165, 1.54) is 25.8 Å². The van der Waals surface area contributed by atoms with Gasteiger partial charge in [-0.05, 0) is 44.5 Å². The van der Waals surface area contributed by atoms with Gasteiger partial charge >= 0.3 is 13.1 Å². The van der Waals surface area contributed by atoms with Crippen molar-refractivity contribution in [1.29, 1.82) is 0 Å². The molecule has 0 aromatic carbocycles. The number of rotatable bonds is 2. The summed E-state index contributed by atoms with van der Waals surface area (Å²) in [5.74, 6) is -0.0885. The third-order valence-corrected chi connectivity index (χ3v) is 5.41. The molecular formula is C14H26BN3O3. The number of carbonyl (C=O) groups is 1. The lowest BCUT2D eigenvalue weighted by Gasteiger charge is -2.35. The van der Waals surface area contributed by atoms with E-state index >= 15 is 0 Å². The van der Waals surface area contributed by atoms with Gasteiger partial charge in [0, 0.05) is 31.7 Å². The first kappa shape index (κ1) is 15.1. The van der Waals surface area contributed by atoms with Crippen molar-refractivity contribution in [1.82, 2.24) is 15.1 Å². The van der Waals surface area contributed by atoms with Gasteiger partial charge in [-0.3, -0.25) is 4.90 Å². The van der Waals surface area contributed by atoms with Crippen LogP contribution in [0.5, 0.6) is 0 Å². The minimum atomic E-state index is -1.25. The SMILES string of the molecule is O=C(NC1CCN2CCCCC12)N1CCC(B(O)O)CC1. The summed E-state index contributed by atoms with van der Waals surface area (Å²) in [6.07, 6.45) is 6.16. The fourth-order valence-electron chi connectivity index (χ4n) is 4.07. The zero-order valence-electron chi connectivity index (χ0n) is 12.6. The van der Waals surface area contributed by atoms with Crippen molar-refractivity contribution >= 4 is 13.1 Å². The highest BCUT2D eigenvalue weighted by Gasteiger charge is 2.37. The molecule has 3 fully saturated rings. The van der Waals surface area contributed by atoms with Crippen LogP contribution in [0.1, 0.15) is 38.5 Å². The van der Waals surface area contributed by atoms with Gasteiger partial charge in [0.05, 0.1) is 0 Å². The highest BCUT2D eigenvalue weighted by Crippen LogP contribution is 2.28. The molecule has 0 saturated carbocycles. The molecule has 0 aromatic heterocycles. The quantitative estimate of drug-likeness (QED) is 0.639. The molecule has 118 valence electrons. The second kappa shape index (κ2) is 6.54. The van der Waals surface area contributed by atoms with Crippen LogP contribution in [0.25, 0.3) is 0 Å². The third kappa shape index (κ3) is 3.35. The van der Waals surface area contributed by atoms with Crippen molar-refractivity contribution < 1.29 is 14.8 Å². The van der Waals surface area contributed by atoms with Crippen molar-refractivity contribution in [3.05, 3.63) is 0 Å². The molecule has 2 unspecified atom stereocenters. The summed E-state index contributed by atoms with van der Waals surface area (Å²) < 4.78 is 0. The average molecular weight is 295 g/mol. The summed E-state index contributed by atoms with van der Waals surface area (Å²) in [7, 11) is -1.25. The number of fused-ring (bicyclic) bond motifs is 1. The molecule has 0 radical (unpaired) electrons. The molecule has 3 aliphatic rings. The van der Waals surface area contributed by atoms with Gasteiger partial charge in [-0.15, -0.1) is 0 Å². The van der Waals surface area contributed by atoms with Crippen LogP contribution >= 0.6 is 0 Å². The fraction of sp³-hybridized carbons (Fsp3) is 0.929. The maximum atomic E-state index is 12.4. The van der Waals surface area contributed by atoms with Crippen LogP contribution in [-0.2, 0) is 0 Å². The molecule has 0 aromatic rings. The molecular weight excluding hydrogens is 269 g/mol. The van der Waals surface area contributed by atoms with Gasteiger partial charge in [0.15, 0.2) is 0 Å². The summed E-state index contributed by atoms with van der Waals surface area (Å²) in [6.45, 7) is 3.52. The zero-order valence-corrected chi connectivity index (χ0v) is 12.6. The van der Waals surface area contributed by atoms with E-state index < -0.39 is 7.12 Å². The number of carbonyl (C=O) groups excluding carboxylic acids is 1. The van der Waals surface area contributed by atoms with Crippen LogP contribution in [0.15, 0.2) is 0 Å². The van der Waals surface area contributed by atoms with Crippen molar-refractivity contribution in [3.63, 3.8) is 0 Å². The Labute approximate surface area is 126 Å². The monoisotopic (exact) mass is 295 g/mol. The smallest absolute Gasteiger partial charge is 0.427 e.